The van der Waals surface area contributed by atoms with Gasteiger partial charge in [0.05, 0.1) is 6.61 Å². The summed E-state index contributed by atoms with van der Waals surface area (Å²) in [5.41, 5.74) is 0. The normalized spacial score (nSPS) is 19.0. The van der Waals surface area contributed by atoms with Crippen molar-refractivity contribution in [2.45, 2.75) is 32.1 Å². The fraction of sp³-hybridized carbons (Fsp3) is 0.562. The largest absolute Gasteiger partial charge is 0.381 e. The minimum Gasteiger partial charge on any atom is -0.381 e. The van der Waals surface area contributed by atoms with Gasteiger partial charge in [-0.3, -0.25) is 4.79 Å². The Labute approximate surface area is 116 Å². The van der Waals surface area contributed by atoms with Gasteiger partial charge in [-0.15, -0.1) is 12.3 Å². The topological polar surface area (TPSA) is 38.3 Å². The zero-order valence-electron chi connectivity index (χ0n) is 11.4. The van der Waals surface area contributed by atoms with Crippen LogP contribution in [0.1, 0.15) is 32.1 Å². The molecule has 1 heterocycles. The number of hydrogen-bond donors (Lipinski definition) is 1. The summed E-state index contributed by atoms with van der Waals surface area (Å²) in [6.07, 6.45) is 17.5. The predicted molar refractivity (Wildman–Crippen MR) is 77.5 cm³/mol. The molecule has 1 unspecified atom stereocenters. The molecule has 1 aliphatic rings. The summed E-state index contributed by atoms with van der Waals surface area (Å²) in [5.74, 6) is 3.06. The monoisotopic (exact) mass is 261 g/mol. The molecule has 0 saturated carbocycles. The molecule has 3 nitrogen and oxygen atoms in total. The fourth-order valence-corrected chi connectivity index (χ4v) is 1.86. The van der Waals surface area contributed by atoms with Gasteiger partial charge in [0.15, 0.2) is 0 Å². The van der Waals surface area contributed by atoms with Crippen LogP contribution in [-0.4, -0.2) is 25.7 Å². The number of carbonyl (C=O) groups is 1. The van der Waals surface area contributed by atoms with Crippen molar-refractivity contribution in [3.8, 4) is 12.3 Å². The van der Waals surface area contributed by atoms with Gasteiger partial charge in [-0.2, -0.15) is 0 Å². The van der Waals surface area contributed by atoms with Gasteiger partial charge in [0.1, 0.15) is 0 Å². The van der Waals surface area contributed by atoms with E-state index in [4.69, 9.17) is 11.2 Å². The maximum Gasteiger partial charge on any atom is 0.243 e. The van der Waals surface area contributed by atoms with Crippen LogP contribution in [0.2, 0.25) is 0 Å². The zero-order valence-corrected chi connectivity index (χ0v) is 11.4. The van der Waals surface area contributed by atoms with Crippen LogP contribution in [0, 0.1) is 18.3 Å². The van der Waals surface area contributed by atoms with Gasteiger partial charge < -0.3 is 10.1 Å². The Morgan fingerprint density at radius 3 is 3.05 bits per heavy atom. The molecule has 1 aliphatic heterocycles. The summed E-state index contributed by atoms with van der Waals surface area (Å²) >= 11 is 0. The number of amides is 1. The van der Waals surface area contributed by atoms with Gasteiger partial charge in [0, 0.05) is 31.6 Å². The Morgan fingerprint density at radius 2 is 2.32 bits per heavy atom. The maximum absolute atomic E-state index is 11.5. The number of allylic oxidation sites excluding steroid dienone is 3. The van der Waals surface area contributed by atoms with Crippen LogP contribution in [0.5, 0.6) is 0 Å². The molecule has 1 fully saturated rings. The van der Waals surface area contributed by atoms with Crippen LogP contribution in [0.25, 0.3) is 0 Å². The quantitative estimate of drug-likeness (QED) is 0.315. The van der Waals surface area contributed by atoms with Crippen molar-refractivity contribution in [3.63, 3.8) is 0 Å². The molecule has 19 heavy (non-hydrogen) atoms. The van der Waals surface area contributed by atoms with E-state index in [0.29, 0.717) is 12.5 Å². The molecule has 0 aromatic rings. The maximum atomic E-state index is 11.5. The van der Waals surface area contributed by atoms with Crippen molar-refractivity contribution in [2.24, 2.45) is 5.92 Å². The standard InChI is InChI=1S/C16H23NO2/c1-2-3-4-5-6-7-8-9-10-16(18)17-13-15-11-12-19-14-15/h1,7-10,15H,3-6,11-14H2,(H,17,18). The highest BCUT2D eigenvalue weighted by molar-refractivity contribution is 5.87. The summed E-state index contributed by atoms with van der Waals surface area (Å²) in [6.45, 7) is 2.29. The highest BCUT2D eigenvalue weighted by Crippen LogP contribution is 2.10. The van der Waals surface area contributed by atoms with Crippen LogP contribution >= 0.6 is 0 Å². The molecule has 0 radical (unpaired) electrons. The third kappa shape index (κ3) is 8.23. The Kier molecular flexibility index (Phi) is 8.50. The van der Waals surface area contributed by atoms with Gasteiger partial charge in [-0.05, 0) is 25.7 Å². The van der Waals surface area contributed by atoms with E-state index in [1.807, 2.05) is 6.08 Å². The van der Waals surface area contributed by atoms with Gasteiger partial charge in [0.25, 0.3) is 0 Å². The summed E-state index contributed by atoms with van der Waals surface area (Å²) < 4.78 is 5.25. The Balaban J connectivity index is 2.02. The van der Waals surface area contributed by atoms with Crippen molar-refractivity contribution in [1.29, 1.82) is 0 Å². The Hall–Kier alpha value is -1.53. The van der Waals surface area contributed by atoms with E-state index >= 15 is 0 Å². The predicted octanol–water partition coefficient (Wildman–Crippen LogP) is 2.45. The number of hydrogen-bond acceptors (Lipinski definition) is 2. The number of carbonyl (C=O) groups excluding carboxylic acids is 1. The van der Waals surface area contributed by atoms with Crippen molar-refractivity contribution >= 4 is 5.91 Å². The highest BCUT2D eigenvalue weighted by atomic mass is 16.5. The van der Waals surface area contributed by atoms with Gasteiger partial charge in [-0.1, -0.05) is 18.2 Å². The molecule has 1 rings (SSSR count). The average Bonchev–Trinajstić information content (AvgIpc) is 2.93. The number of rotatable bonds is 8. The molecule has 3 heteroatoms. The van der Waals surface area contributed by atoms with Crippen molar-refractivity contribution in [1.82, 2.24) is 5.32 Å². The SMILES string of the molecule is C#CCCCCC=CC=CC(=O)NCC1CCOC1. The smallest absolute Gasteiger partial charge is 0.243 e. The third-order valence-electron chi connectivity index (χ3n) is 3.03. The second-order valence-corrected chi connectivity index (χ2v) is 4.71. The van der Waals surface area contributed by atoms with E-state index in [1.165, 1.54) is 0 Å². The molecular weight excluding hydrogens is 238 g/mol. The van der Waals surface area contributed by atoms with Crippen molar-refractivity contribution in [2.75, 3.05) is 19.8 Å². The first-order valence-corrected chi connectivity index (χ1v) is 6.95. The summed E-state index contributed by atoms with van der Waals surface area (Å²) in [6, 6.07) is 0. The van der Waals surface area contributed by atoms with E-state index < -0.39 is 0 Å². The Morgan fingerprint density at radius 1 is 1.42 bits per heavy atom. The van der Waals surface area contributed by atoms with Crippen LogP contribution in [-0.2, 0) is 9.53 Å². The second kappa shape index (κ2) is 10.4. The van der Waals surface area contributed by atoms with E-state index in [0.717, 1.165) is 45.3 Å². The van der Waals surface area contributed by atoms with E-state index in [-0.39, 0.29) is 5.91 Å². The summed E-state index contributed by atoms with van der Waals surface area (Å²) in [7, 11) is 0. The molecule has 1 saturated heterocycles. The molecule has 0 bridgehead atoms. The molecule has 104 valence electrons. The second-order valence-electron chi connectivity index (χ2n) is 4.71. The van der Waals surface area contributed by atoms with Crippen molar-refractivity contribution < 1.29 is 9.53 Å². The number of nitrogens with one attached hydrogen (secondary N) is 1. The first-order chi connectivity index (χ1) is 9.33. The lowest BCUT2D eigenvalue weighted by Gasteiger charge is -2.06. The fourth-order valence-electron chi connectivity index (χ4n) is 1.86. The van der Waals surface area contributed by atoms with E-state index in [2.05, 4.69) is 17.3 Å². The molecule has 0 aliphatic carbocycles. The third-order valence-corrected chi connectivity index (χ3v) is 3.03. The van der Waals surface area contributed by atoms with Gasteiger partial charge in [-0.25, -0.2) is 0 Å². The molecule has 1 atom stereocenters. The molecule has 1 amide bonds. The first kappa shape index (κ1) is 15.5. The number of terminal acetylenes is 1. The highest BCUT2D eigenvalue weighted by Gasteiger charge is 2.15. The molecule has 0 aromatic heterocycles. The minimum atomic E-state index is -0.0381. The Bertz CT molecular complexity index is 346. The zero-order chi connectivity index (χ0) is 13.8. The van der Waals surface area contributed by atoms with Crippen LogP contribution in [0.4, 0.5) is 0 Å². The van der Waals surface area contributed by atoms with Crippen LogP contribution in [0.3, 0.4) is 0 Å². The van der Waals surface area contributed by atoms with E-state index in [1.54, 1.807) is 12.2 Å². The van der Waals surface area contributed by atoms with Crippen molar-refractivity contribution in [3.05, 3.63) is 24.3 Å². The van der Waals surface area contributed by atoms with Crippen LogP contribution < -0.4 is 5.32 Å². The van der Waals surface area contributed by atoms with Gasteiger partial charge in [0.2, 0.25) is 5.91 Å². The summed E-state index contributed by atoms with van der Waals surface area (Å²) in [4.78, 5) is 11.5. The lowest BCUT2D eigenvalue weighted by Crippen LogP contribution is -2.27. The molecule has 0 aromatic carbocycles. The lowest BCUT2D eigenvalue weighted by atomic mass is 10.1. The van der Waals surface area contributed by atoms with E-state index in [9.17, 15) is 4.79 Å². The number of ether oxygens (including phenoxy) is 1. The average molecular weight is 261 g/mol. The minimum absolute atomic E-state index is 0.0381. The molecule has 1 N–H and O–H groups in total. The number of unbranched alkanes of at least 4 members (excludes halogenated alkanes) is 3. The lowest BCUT2D eigenvalue weighted by molar-refractivity contribution is -0.116. The van der Waals surface area contributed by atoms with Gasteiger partial charge >= 0.3 is 0 Å². The molecule has 0 spiro atoms. The van der Waals surface area contributed by atoms with Crippen LogP contribution in [0.15, 0.2) is 24.3 Å². The first-order valence-electron chi connectivity index (χ1n) is 6.95. The molecular formula is C16H23NO2. The summed E-state index contributed by atoms with van der Waals surface area (Å²) in [5, 5.41) is 2.88.